The second kappa shape index (κ2) is 9.79. The van der Waals surface area contributed by atoms with Gasteiger partial charge in [0.25, 0.3) is 5.95 Å². The highest BCUT2D eigenvalue weighted by atomic mass is 32.2. The predicted octanol–water partition coefficient (Wildman–Crippen LogP) is 2.88. The largest absolute Gasteiger partial charge is 0.497 e. The van der Waals surface area contributed by atoms with Crippen molar-refractivity contribution in [1.82, 2.24) is 14.9 Å². The van der Waals surface area contributed by atoms with Crippen molar-refractivity contribution in [2.45, 2.75) is 19.0 Å². The van der Waals surface area contributed by atoms with Crippen molar-refractivity contribution in [3.63, 3.8) is 0 Å². The minimum absolute atomic E-state index is 0.132. The van der Waals surface area contributed by atoms with Crippen molar-refractivity contribution < 1.29 is 9.53 Å². The molecule has 0 atom stereocenters. The van der Waals surface area contributed by atoms with E-state index >= 15 is 0 Å². The molecule has 3 aromatic rings. The molecule has 0 saturated carbocycles. The average molecular weight is 426 g/mol. The Bertz CT molecular complexity index is 1050. The first-order chi connectivity index (χ1) is 14.5. The maximum Gasteiger partial charge on any atom is 0.264 e. The Labute approximate surface area is 178 Å². The summed E-state index contributed by atoms with van der Waals surface area (Å²) in [5.41, 5.74) is 6.20. The first kappa shape index (κ1) is 21.2. The van der Waals surface area contributed by atoms with E-state index in [9.17, 15) is 4.79 Å². The first-order valence-corrected chi connectivity index (χ1v) is 10.1. The summed E-state index contributed by atoms with van der Waals surface area (Å²) in [4.78, 5) is 12.3. The number of carbonyl (C=O) groups excluding carboxylic acids is 1. The number of nitrogens with one attached hydrogen (secondary N) is 2. The molecule has 0 fully saturated rings. The Hall–Kier alpha value is -3.53. The van der Waals surface area contributed by atoms with Crippen LogP contribution in [0.3, 0.4) is 0 Å². The molecule has 0 aliphatic rings. The fourth-order valence-electron chi connectivity index (χ4n) is 2.55. The van der Waals surface area contributed by atoms with Crippen LogP contribution in [0.4, 0.5) is 11.6 Å². The summed E-state index contributed by atoms with van der Waals surface area (Å²) in [6, 6.07) is 15.2. The molecule has 0 unspecified atom stereocenters. The maximum absolute atomic E-state index is 12.3. The Morgan fingerprint density at radius 1 is 1.23 bits per heavy atom. The molecule has 0 bridgehead atoms. The number of aromatic nitrogens is 3. The summed E-state index contributed by atoms with van der Waals surface area (Å²) in [6.45, 7) is 3.78. The van der Waals surface area contributed by atoms with Crippen molar-refractivity contribution in [2.75, 3.05) is 29.4 Å². The molecule has 3 rings (SSSR count). The van der Waals surface area contributed by atoms with E-state index in [1.165, 1.54) is 16.4 Å². The standard InChI is InChI=1S/C20H23N7O2S/c1-13-11-16(29-3)9-10-17(13)22-18(28)12-30-20-26-25-19(27(20)21)24-23-14(2)15-7-5-4-6-8-15/h4-11H,12,21H2,1-3H3,(H,22,28)(H,24,25)/b23-14+. The number of nitrogen functional groups attached to an aromatic ring is 1. The lowest BCUT2D eigenvalue weighted by atomic mass is 10.1. The number of hydrogen-bond donors (Lipinski definition) is 3. The van der Waals surface area contributed by atoms with Gasteiger partial charge in [0.1, 0.15) is 5.75 Å². The summed E-state index contributed by atoms with van der Waals surface area (Å²) >= 11 is 1.18. The van der Waals surface area contributed by atoms with Crippen LogP contribution in [-0.2, 0) is 4.79 Å². The number of nitrogens with zero attached hydrogens (tertiary/aromatic N) is 4. The smallest absolute Gasteiger partial charge is 0.264 e. The summed E-state index contributed by atoms with van der Waals surface area (Å²) < 4.78 is 6.43. The van der Waals surface area contributed by atoms with E-state index in [1.807, 2.05) is 50.2 Å². The SMILES string of the molecule is COc1ccc(NC(=O)CSc2nnc(N/N=C(\C)c3ccccc3)n2N)c(C)c1. The Morgan fingerprint density at radius 2 is 2.00 bits per heavy atom. The lowest BCUT2D eigenvalue weighted by Crippen LogP contribution is -2.17. The molecule has 0 spiro atoms. The number of carbonyl (C=O) groups is 1. The molecule has 4 N–H and O–H groups in total. The van der Waals surface area contributed by atoms with Crippen molar-refractivity contribution in [3.05, 3.63) is 59.7 Å². The van der Waals surface area contributed by atoms with Crippen molar-refractivity contribution >= 4 is 35.0 Å². The minimum atomic E-state index is -0.177. The lowest BCUT2D eigenvalue weighted by molar-refractivity contribution is -0.113. The number of hydrogen-bond acceptors (Lipinski definition) is 8. The van der Waals surface area contributed by atoms with Crippen LogP contribution in [0.5, 0.6) is 5.75 Å². The van der Waals surface area contributed by atoms with Gasteiger partial charge in [0.2, 0.25) is 11.1 Å². The molecule has 1 amide bonds. The number of ether oxygens (including phenoxy) is 1. The molecule has 1 heterocycles. The normalized spacial score (nSPS) is 11.2. The van der Waals surface area contributed by atoms with Gasteiger partial charge in [-0.3, -0.25) is 4.79 Å². The van der Waals surface area contributed by atoms with E-state index in [0.717, 1.165) is 28.3 Å². The van der Waals surface area contributed by atoms with Crippen LogP contribution in [0.2, 0.25) is 0 Å². The maximum atomic E-state index is 12.3. The summed E-state index contributed by atoms with van der Waals surface area (Å²) in [5.74, 6) is 6.99. The molecule has 30 heavy (non-hydrogen) atoms. The molecule has 0 saturated heterocycles. The number of nitrogens with two attached hydrogens (primary N) is 1. The van der Waals surface area contributed by atoms with Crippen LogP contribution < -0.4 is 21.3 Å². The minimum Gasteiger partial charge on any atom is -0.497 e. The molecule has 0 aliphatic heterocycles. The second-order valence-corrected chi connectivity index (χ2v) is 7.31. The van der Waals surface area contributed by atoms with Crippen LogP contribution in [0.15, 0.2) is 58.8 Å². The fourth-order valence-corrected chi connectivity index (χ4v) is 3.21. The molecular formula is C20H23N7O2S. The zero-order valence-electron chi connectivity index (χ0n) is 16.9. The van der Waals surface area contributed by atoms with E-state index in [-0.39, 0.29) is 17.6 Å². The predicted molar refractivity (Wildman–Crippen MR) is 120 cm³/mol. The third-order valence-corrected chi connectivity index (χ3v) is 5.16. The quantitative estimate of drug-likeness (QED) is 0.220. The van der Waals surface area contributed by atoms with Gasteiger partial charge in [-0.2, -0.15) is 5.10 Å². The topological polar surface area (TPSA) is 119 Å². The van der Waals surface area contributed by atoms with Crippen LogP contribution in [0, 0.1) is 6.92 Å². The summed E-state index contributed by atoms with van der Waals surface area (Å²) in [5, 5.41) is 15.5. The van der Waals surface area contributed by atoms with Gasteiger partial charge in [0, 0.05) is 5.69 Å². The van der Waals surface area contributed by atoms with Gasteiger partial charge in [0.15, 0.2) is 0 Å². The van der Waals surface area contributed by atoms with E-state index in [2.05, 4.69) is 26.0 Å². The highest BCUT2D eigenvalue weighted by molar-refractivity contribution is 7.99. The molecule has 2 aromatic carbocycles. The Balaban J connectivity index is 1.56. The molecule has 1 aromatic heterocycles. The number of thioether (sulfide) groups is 1. The van der Waals surface area contributed by atoms with Gasteiger partial charge < -0.3 is 15.9 Å². The average Bonchev–Trinajstić information content (AvgIpc) is 3.12. The molecule has 156 valence electrons. The lowest BCUT2D eigenvalue weighted by Gasteiger charge is -2.09. The molecule has 10 heteroatoms. The van der Waals surface area contributed by atoms with E-state index < -0.39 is 0 Å². The fraction of sp³-hybridized carbons (Fsp3) is 0.200. The number of amides is 1. The van der Waals surface area contributed by atoms with E-state index in [4.69, 9.17) is 10.6 Å². The summed E-state index contributed by atoms with van der Waals surface area (Å²) in [6.07, 6.45) is 0. The van der Waals surface area contributed by atoms with Crippen molar-refractivity contribution in [1.29, 1.82) is 0 Å². The van der Waals surface area contributed by atoms with Crippen LogP contribution in [0.1, 0.15) is 18.1 Å². The van der Waals surface area contributed by atoms with Gasteiger partial charge in [-0.1, -0.05) is 42.1 Å². The van der Waals surface area contributed by atoms with Crippen LogP contribution in [-0.4, -0.2) is 39.4 Å². The Kier molecular flexibility index (Phi) is 6.91. The zero-order chi connectivity index (χ0) is 21.5. The highest BCUT2D eigenvalue weighted by Gasteiger charge is 2.13. The second-order valence-electron chi connectivity index (χ2n) is 6.37. The monoisotopic (exact) mass is 425 g/mol. The van der Waals surface area contributed by atoms with Gasteiger partial charge in [-0.15, -0.1) is 10.2 Å². The van der Waals surface area contributed by atoms with Crippen molar-refractivity contribution in [2.24, 2.45) is 5.10 Å². The molecule has 9 nitrogen and oxygen atoms in total. The summed E-state index contributed by atoms with van der Waals surface area (Å²) in [7, 11) is 1.60. The zero-order valence-corrected chi connectivity index (χ0v) is 17.7. The van der Waals surface area contributed by atoms with Crippen molar-refractivity contribution in [3.8, 4) is 5.75 Å². The van der Waals surface area contributed by atoms with Crippen LogP contribution >= 0.6 is 11.8 Å². The van der Waals surface area contributed by atoms with Gasteiger partial charge in [-0.05, 0) is 43.2 Å². The Morgan fingerprint density at radius 3 is 2.70 bits per heavy atom. The van der Waals surface area contributed by atoms with E-state index in [1.54, 1.807) is 19.2 Å². The first-order valence-electron chi connectivity index (χ1n) is 9.11. The van der Waals surface area contributed by atoms with E-state index in [0.29, 0.717) is 5.16 Å². The third kappa shape index (κ3) is 5.29. The molecular weight excluding hydrogens is 402 g/mol. The number of rotatable bonds is 8. The molecule has 0 aliphatic carbocycles. The number of benzene rings is 2. The third-order valence-electron chi connectivity index (χ3n) is 4.22. The number of methoxy groups -OCH3 is 1. The van der Waals surface area contributed by atoms with Gasteiger partial charge >= 0.3 is 0 Å². The number of anilines is 2. The highest BCUT2D eigenvalue weighted by Crippen LogP contribution is 2.22. The van der Waals surface area contributed by atoms with Gasteiger partial charge in [-0.25, -0.2) is 10.1 Å². The van der Waals surface area contributed by atoms with Crippen LogP contribution in [0.25, 0.3) is 0 Å². The van der Waals surface area contributed by atoms with Gasteiger partial charge in [0.05, 0.1) is 18.6 Å². The number of aryl methyl sites for hydroxylation is 1. The molecule has 0 radical (unpaired) electrons. The number of hydrazone groups is 1.